The molecule has 0 bridgehead atoms. The maximum absolute atomic E-state index is 12.9. The maximum atomic E-state index is 12.9. The topological polar surface area (TPSA) is 78.9 Å². The average molecular weight is 948 g/mol. The van der Waals surface area contributed by atoms with Crippen LogP contribution in [-0.4, -0.2) is 37.2 Å². The van der Waals surface area contributed by atoms with Gasteiger partial charge in [0.1, 0.15) is 13.2 Å². The van der Waals surface area contributed by atoms with Crippen LogP contribution in [0.3, 0.4) is 0 Å². The van der Waals surface area contributed by atoms with Crippen molar-refractivity contribution in [1.29, 1.82) is 0 Å². The van der Waals surface area contributed by atoms with Gasteiger partial charge in [-0.2, -0.15) is 0 Å². The Labute approximate surface area is 418 Å². The molecule has 0 amide bonds. The smallest absolute Gasteiger partial charge is 0.306 e. The molecule has 6 heteroatoms. The summed E-state index contributed by atoms with van der Waals surface area (Å²) in [4.78, 5) is 38.2. The summed E-state index contributed by atoms with van der Waals surface area (Å²) >= 11 is 0. The Morgan fingerprint density at radius 1 is 0.284 bits per heavy atom. The first-order chi connectivity index (χ1) is 32.7. The molecule has 0 saturated heterocycles. The highest BCUT2D eigenvalue weighted by Gasteiger charge is 2.19. The summed E-state index contributed by atoms with van der Waals surface area (Å²) in [5, 5.41) is 0. The largest absolute Gasteiger partial charge is 0.462 e. The standard InChI is InChI=1S/C61H118O6/c1-6-7-8-9-10-11-12-13-14-15-16-20-26-31-36-41-46-51-59(62)65-54-58(67-61(64)53-48-43-38-33-28-23-22-25-30-35-40-45-50-57(4)5)55-66-60(63)52-47-42-37-32-27-21-18-17-19-24-29-34-39-44-49-56(2)3/h56-58H,6-55H2,1-5H3/t58-/m0/s1. The second-order valence-electron chi connectivity index (χ2n) is 21.9. The molecule has 0 N–H and O–H groups in total. The number of carbonyl (C=O) groups is 3. The predicted molar refractivity (Wildman–Crippen MR) is 289 cm³/mol. The Morgan fingerprint density at radius 3 is 0.731 bits per heavy atom. The molecule has 1 atom stereocenters. The summed E-state index contributed by atoms with van der Waals surface area (Å²) in [5.74, 6) is 0.841. The Morgan fingerprint density at radius 2 is 0.493 bits per heavy atom. The number of hydrogen-bond acceptors (Lipinski definition) is 6. The first kappa shape index (κ1) is 65.4. The molecule has 0 aliphatic heterocycles. The van der Waals surface area contributed by atoms with Crippen LogP contribution < -0.4 is 0 Å². The third-order valence-electron chi connectivity index (χ3n) is 14.0. The molecule has 0 heterocycles. The van der Waals surface area contributed by atoms with Crippen molar-refractivity contribution < 1.29 is 28.6 Å². The lowest BCUT2D eigenvalue weighted by Crippen LogP contribution is -2.30. The van der Waals surface area contributed by atoms with Crippen LogP contribution >= 0.6 is 0 Å². The van der Waals surface area contributed by atoms with Crippen LogP contribution in [0.4, 0.5) is 0 Å². The van der Waals surface area contributed by atoms with E-state index in [1.807, 2.05) is 0 Å². The van der Waals surface area contributed by atoms with Crippen LogP contribution in [0.5, 0.6) is 0 Å². The van der Waals surface area contributed by atoms with Crippen molar-refractivity contribution in [2.24, 2.45) is 11.8 Å². The molecule has 67 heavy (non-hydrogen) atoms. The summed E-state index contributed by atoms with van der Waals surface area (Å²) in [6.07, 6.45) is 58.1. The molecule has 0 aliphatic carbocycles. The second kappa shape index (κ2) is 53.8. The summed E-state index contributed by atoms with van der Waals surface area (Å²) in [6.45, 7) is 11.4. The van der Waals surface area contributed by atoms with E-state index in [9.17, 15) is 14.4 Å². The van der Waals surface area contributed by atoms with Crippen LogP contribution in [0.25, 0.3) is 0 Å². The van der Waals surface area contributed by atoms with Crippen molar-refractivity contribution in [3.8, 4) is 0 Å². The monoisotopic (exact) mass is 947 g/mol. The van der Waals surface area contributed by atoms with Crippen LogP contribution in [-0.2, 0) is 28.6 Å². The zero-order chi connectivity index (χ0) is 48.9. The van der Waals surface area contributed by atoms with Gasteiger partial charge in [0, 0.05) is 19.3 Å². The van der Waals surface area contributed by atoms with Gasteiger partial charge in [-0.3, -0.25) is 14.4 Å². The average Bonchev–Trinajstić information content (AvgIpc) is 3.30. The van der Waals surface area contributed by atoms with E-state index in [0.717, 1.165) is 69.6 Å². The lowest BCUT2D eigenvalue weighted by atomic mass is 10.0. The molecule has 398 valence electrons. The molecule has 0 rings (SSSR count). The molecule has 0 spiro atoms. The number of unbranched alkanes of at least 4 members (excludes halogenated alkanes) is 40. The number of hydrogen-bond donors (Lipinski definition) is 0. The molecule has 0 aromatic heterocycles. The summed E-state index contributed by atoms with van der Waals surface area (Å²) < 4.78 is 16.9. The normalized spacial score (nSPS) is 12.0. The molecule has 6 nitrogen and oxygen atoms in total. The number of esters is 3. The Hall–Kier alpha value is -1.59. The van der Waals surface area contributed by atoms with Gasteiger partial charge in [-0.1, -0.05) is 304 Å². The minimum absolute atomic E-state index is 0.0623. The van der Waals surface area contributed by atoms with Crippen molar-refractivity contribution in [2.75, 3.05) is 13.2 Å². The van der Waals surface area contributed by atoms with Gasteiger partial charge in [-0.15, -0.1) is 0 Å². The van der Waals surface area contributed by atoms with Crippen molar-refractivity contribution in [1.82, 2.24) is 0 Å². The fraction of sp³-hybridized carbons (Fsp3) is 0.951. The minimum atomic E-state index is -0.763. The highest BCUT2D eigenvalue weighted by molar-refractivity contribution is 5.71. The summed E-state index contributed by atoms with van der Waals surface area (Å²) in [7, 11) is 0. The summed E-state index contributed by atoms with van der Waals surface area (Å²) in [6, 6.07) is 0. The Bertz CT molecular complexity index is 1020. The van der Waals surface area contributed by atoms with Gasteiger partial charge in [-0.25, -0.2) is 0 Å². The van der Waals surface area contributed by atoms with Gasteiger partial charge in [0.15, 0.2) is 6.10 Å². The van der Waals surface area contributed by atoms with Crippen molar-refractivity contribution in [3.05, 3.63) is 0 Å². The number of ether oxygens (including phenoxy) is 3. The van der Waals surface area contributed by atoms with Gasteiger partial charge < -0.3 is 14.2 Å². The van der Waals surface area contributed by atoms with Crippen LogP contribution in [0.15, 0.2) is 0 Å². The van der Waals surface area contributed by atoms with E-state index >= 15 is 0 Å². The third kappa shape index (κ3) is 55.2. The van der Waals surface area contributed by atoms with Crippen LogP contribution in [0.2, 0.25) is 0 Å². The van der Waals surface area contributed by atoms with Crippen molar-refractivity contribution in [2.45, 2.75) is 349 Å². The maximum Gasteiger partial charge on any atom is 0.306 e. The Balaban J connectivity index is 4.29. The zero-order valence-corrected chi connectivity index (χ0v) is 46.0. The second-order valence-corrected chi connectivity index (χ2v) is 21.9. The molecule has 0 saturated carbocycles. The SMILES string of the molecule is CCCCCCCCCCCCCCCCCCCC(=O)OC[C@@H](COC(=O)CCCCCCCCCCCCCCCCC(C)C)OC(=O)CCCCCCCCCCCCCCC(C)C. The fourth-order valence-corrected chi connectivity index (χ4v) is 9.40. The quantitative estimate of drug-likeness (QED) is 0.0343. The van der Waals surface area contributed by atoms with Gasteiger partial charge in [-0.05, 0) is 31.1 Å². The van der Waals surface area contributed by atoms with E-state index < -0.39 is 6.10 Å². The molecular formula is C61H118O6. The van der Waals surface area contributed by atoms with Gasteiger partial charge in [0.25, 0.3) is 0 Å². The zero-order valence-electron chi connectivity index (χ0n) is 46.0. The highest BCUT2D eigenvalue weighted by Crippen LogP contribution is 2.18. The van der Waals surface area contributed by atoms with Gasteiger partial charge in [0.05, 0.1) is 0 Å². The predicted octanol–water partition coefficient (Wildman–Crippen LogP) is 20.0. The lowest BCUT2D eigenvalue weighted by molar-refractivity contribution is -0.167. The molecule has 0 aliphatic rings. The van der Waals surface area contributed by atoms with Crippen LogP contribution in [0, 0.1) is 11.8 Å². The Kier molecular flexibility index (Phi) is 52.5. The first-order valence-electron chi connectivity index (χ1n) is 30.2. The van der Waals surface area contributed by atoms with Crippen LogP contribution in [0.1, 0.15) is 343 Å². The van der Waals surface area contributed by atoms with Gasteiger partial charge >= 0.3 is 17.9 Å². The molecule has 0 aromatic carbocycles. The van der Waals surface area contributed by atoms with E-state index in [0.29, 0.717) is 19.3 Å². The molecule has 0 radical (unpaired) electrons. The van der Waals surface area contributed by atoms with E-state index in [-0.39, 0.29) is 31.1 Å². The molecule has 0 aromatic rings. The third-order valence-corrected chi connectivity index (χ3v) is 14.0. The summed E-state index contributed by atoms with van der Waals surface area (Å²) in [5.41, 5.74) is 0. The minimum Gasteiger partial charge on any atom is -0.462 e. The van der Waals surface area contributed by atoms with Crippen molar-refractivity contribution >= 4 is 17.9 Å². The highest BCUT2D eigenvalue weighted by atomic mass is 16.6. The molecule has 0 fully saturated rings. The van der Waals surface area contributed by atoms with Crippen molar-refractivity contribution in [3.63, 3.8) is 0 Å². The first-order valence-corrected chi connectivity index (χ1v) is 30.2. The van der Waals surface area contributed by atoms with E-state index in [2.05, 4.69) is 34.6 Å². The van der Waals surface area contributed by atoms with E-state index in [1.54, 1.807) is 0 Å². The van der Waals surface area contributed by atoms with E-state index in [1.165, 1.54) is 231 Å². The van der Waals surface area contributed by atoms with E-state index in [4.69, 9.17) is 14.2 Å². The lowest BCUT2D eigenvalue weighted by Gasteiger charge is -2.18. The fourth-order valence-electron chi connectivity index (χ4n) is 9.40. The molecule has 0 unspecified atom stereocenters. The number of rotatable bonds is 55. The number of carbonyl (C=O) groups excluding carboxylic acids is 3. The van der Waals surface area contributed by atoms with Gasteiger partial charge in [0.2, 0.25) is 0 Å². The molecular weight excluding hydrogens is 829 g/mol.